The predicted molar refractivity (Wildman–Crippen MR) is 95.0 cm³/mol. The molecule has 0 spiro atoms. The summed E-state index contributed by atoms with van der Waals surface area (Å²) in [5.41, 5.74) is 2.26. The van der Waals surface area contributed by atoms with Crippen LogP contribution in [0.2, 0.25) is 0 Å². The van der Waals surface area contributed by atoms with Crippen molar-refractivity contribution in [3.8, 4) is 11.5 Å². The third kappa shape index (κ3) is 3.05. The van der Waals surface area contributed by atoms with Gasteiger partial charge in [-0.25, -0.2) is 13.4 Å². The number of pyridine rings is 1. The normalized spacial score (nSPS) is 11.7. The highest BCUT2D eigenvalue weighted by atomic mass is 32.2. The molecule has 0 saturated carbocycles. The molecule has 1 N–H and O–H groups in total. The Morgan fingerprint density at radius 2 is 1.96 bits per heavy atom. The largest absolute Gasteiger partial charge is 0.618 e. The fourth-order valence-electron chi connectivity index (χ4n) is 2.88. The first-order valence-electron chi connectivity index (χ1n) is 7.79. The van der Waals surface area contributed by atoms with Crippen LogP contribution in [0, 0.1) is 19.1 Å². The van der Waals surface area contributed by atoms with Crippen LogP contribution in [0.4, 0.5) is 0 Å². The Morgan fingerprint density at radius 3 is 2.62 bits per heavy atom. The minimum absolute atomic E-state index is 0.102. The number of methoxy groups -OCH3 is 2. The van der Waals surface area contributed by atoms with E-state index >= 15 is 0 Å². The Labute approximate surface area is 150 Å². The minimum Gasteiger partial charge on any atom is -0.618 e. The molecule has 1 aromatic carbocycles. The van der Waals surface area contributed by atoms with Crippen molar-refractivity contribution in [3.63, 3.8) is 0 Å². The summed E-state index contributed by atoms with van der Waals surface area (Å²) in [7, 11) is -0.856. The Kier molecular flexibility index (Phi) is 4.49. The van der Waals surface area contributed by atoms with Crippen molar-refractivity contribution in [1.29, 1.82) is 0 Å². The van der Waals surface area contributed by atoms with Gasteiger partial charge in [0, 0.05) is 6.07 Å². The summed E-state index contributed by atoms with van der Waals surface area (Å²) in [5, 5.41) is 12.0. The lowest BCUT2D eigenvalue weighted by atomic mass is 10.1. The fraction of sp³-hybridized carbons (Fsp3) is 0.294. The molecule has 0 saturated heterocycles. The van der Waals surface area contributed by atoms with Gasteiger partial charge in [-0.15, -0.1) is 0 Å². The number of imidazole rings is 1. The van der Waals surface area contributed by atoms with Crippen LogP contribution < -0.4 is 14.2 Å². The van der Waals surface area contributed by atoms with Crippen LogP contribution in [0.25, 0.3) is 11.0 Å². The number of aromatic amines is 1. The summed E-state index contributed by atoms with van der Waals surface area (Å²) in [4.78, 5) is 6.92. The predicted octanol–water partition coefficient (Wildman–Crippen LogP) is 1.80. The van der Waals surface area contributed by atoms with Gasteiger partial charge in [0.1, 0.15) is 17.3 Å². The van der Waals surface area contributed by atoms with Gasteiger partial charge in [-0.1, -0.05) is 0 Å². The van der Waals surface area contributed by atoms with Crippen LogP contribution in [0.15, 0.2) is 29.6 Å². The molecule has 0 fully saturated rings. The van der Waals surface area contributed by atoms with E-state index in [4.69, 9.17) is 9.47 Å². The van der Waals surface area contributed by atoms with E-state index in [9.17, 15) is 13.6 Å². The summed E-state index contributed by atoms with van der Waals surface area (Å²) >= 11 is 0. The van der Waals surface area contributed by atoms with Crippen LogP contribution in [0.5, 0.6) is 11.5 Å². The first-order valence-corrected chi connectivity index (χ1v) is 9.44. The Bertz CT molecular complexity index is 1090. The van der Waals surface area contributed by atoms with Crippen molar-refractivity contribution in [2.75, 3.05) is 14.2 Å². The molecule has 3 aromatic rings. The molecule has 0 aliphatic carbocycles. The van der Waals surface area contributed by atoms with Crippen LogP contribution in [-0.4, -0.2) is 32.6 Å². The molecule has 2 aromatic heterocycles. The topological polar surface area (TPSA) is 108 Å². The number of ether oxygens (including phenoxy) is 2. The summed E-state index contributed by atoms with van der Waals surface area (Å²) in [6, 6.07) is 5.02. The maximum absolute atomic E-state index is 12.8. The highest BCUT2D eigenvalue weighted by molar-refractivity contribution is 7.90. The third-order valence-corrected chi connectivity index (χ3v) is 5.64. The average molecular weight is 377 g/mol. The second-order valence-corrected chi connectivity index (χ2v) is 7.83. The fourth-order valence-corrected chi connectivity index (χ4v) is 4.22. The van der Waals surface area contributed by atoms with Gasteiger partial charge in [0.15, 0.2) is 6.20 Å². The van der Waals surface area contributed by atoms with Crippen LogP contribution in [0.3, 0.4) is 0 Å². The maximum Gasteiger partial charge on any atom is 0.226 e. The highest BCUT2D eigenvalue weighted by Gasteiger charge is 2.28. The lowest BCUT2D eigenvalue weighted by molar-refractivity contribution is -0.613. The lowest BCUT2D eigenvalue weighted by Crippen LogP contribution is -2.35. The van der Waals surface area contributed by atoms with Crippen molar-refractivity contribution in [2.45, 2.75) is 24.8 Å². The molecule has 26 heavy (non-hydrogen) atoms. The van der Waals surface area contributed by atoms with Gasteiger partial charge >= 0.3 is 0 Å². The van der Waals surface area contributed by atoms with E-state index in [1.165, 1.54) is 20.4 Å². The van der Waals surface area contributed by atoms with Gasteiger partial charge in [0.25, 0.3) is 0 Å². The van der Waals surface area contributed by atoms with Crippen molar-refractivity contribution in [3.05, 3.63) is 46.4 Å². The molecular formula is C17H19N3O5S. The standard InChI is InChI=1S/C17H19N3O5S/c1-10-8-20(21)15(11(2)16(10)25-4)9-26(22,23)17-18-13-6-5-12(24-3)7-14(13)19-17/h5-8H,9H2,1-4H3,(H,18,19). The Balaban J connectivity index is 2.05. The first kappa shape index (κ1) is 18.0. The molecule has 2 heterocycles. The third-order valence-electron chi connectivity index (χ3n) is 4.20. The zero-order chi connectivity index (χ0) is 19.1. The monoisotopic (exact) mass is 377 g/mol. The van der Waals surface area contributed by atoms with Crippen LogP contribution in [-0.2, 0) is 15.6 Å². The molecular weight excluding hydrogens is 358 g/mol. The number of H-pyrrole nitrogens is 1. The summed E-state index contributed by atoms with van der Waals surface area (Å²) in [6.07, 6.45) is 1.31. The lowest BCUT2D eigenvalue weighted by Gasteiger charge is -2.13. The Morgan fingerprint density at radius 1 is 1.23 bits per heavy atom. The second-order valence-electron chi connectivity index (χ2n) is 5.93. The second kappa shape index (κ2) is 6.49. The van der Waals surface area contributed by atoms with E-state index in [0.29, 0.717) is 38.4 Å². The van der Waals surface area contributed by atoms with E-state index in [0.717, 1.165) is 0 Å². The number of nitrogens with zero attached hydrogens (tertiary/aromatic N) is 2. The van der Waals surface area contributed by atoms with E-state index in [1.54, 1.807) is 32.0 Å². The van der Waals surface area contributed by atoms with Gasteiger partial charge in [0.2, 0.25) is 20.7 Å². The number of rotatable bonds is 5. The maximum atomic E-state index is 12.8. The van der Waals surface area contributed by atoms with E-state index in [2.05, 4.69) is 9.97 Å². The molecule has 0 radical (unpaired) electrons. The van der Waals surface area contributed by atoms with Gasteiger partial charge in [-0.2, -0.15) is 4.73 Å². The van der Waals surface area contributed by atoms with E-state index in [-0.39, 0.29) is 10.9 Å². The van der Waals surface area contributed by atoms with Crippen molar-refractivity contribution < 1.29 is 22.6 Å². The van der Waals surface area contributed by atoms with Gasteiger partial charge in [-0.05, 0) is 26.0 Å². The molecule has 0 amide bonds. The number of benzene rings is 1. The van der Waals surface area contributed by atoms with Crippen molar-refractivity contribution >= 4 is 20.9 Å². The first-order chi connectivity index (χ1) is 12.3. The van der Waals surface area contributed by atoms with Gasteiger partial charge < -0.3 is 19.7 Å². The molecule has 0 atom stereocenters. The van der Waals surface area contributed by atoms with E-state index < -0.39 is 15.6 Å². The van der Waals surface area contributed by atoms with E-state index in [1.807, 2.05) is 0 Å². The molecule has 138 valence electrons. The number of sulfone groups is 1. The van der Waals surface area contributed by atoms with Crippen LogP contribution >= 0.6 is 0 Å². The smallest absolute Gasteiger partial charge is 0.226 e. The van der Waals surface area contributed by atoms with Crippen LogP contribution in [0.1, 0.15) is 16.8 Å². The molecule has 0 aliphatic rings. The number of fused-ring (bicyclic) bond motifs is 1. The molecule has 8 nitrogen and oxygen atoms in total. The zero-order valence-corrected chi connectivity index (χ0v) is 15.7. The average Bonchev–Trinajstić information content (AvgIpc) is 3.03. The number of nitrogens with one attached hydrogen (secondary N) is 1. The SMILES string of the molecule is COc1ccc2nc(S(=O)(=O)Cc3c(C)c(OC)c(C)c[n+]3[O-])[nH]c2c1. The number of hydrogen-bond acceptors (Lipinski definition) is 6. The number of hydrogen-bond donors (Lipinski definition) is 1. The summed E-state index contributed by atoms with van der Waals surface area (Å²) in [6.45, 7) is 3.39. The van der Waals surface area contributed by atoms with Crippen molar-refractivity contribution in [1.82, 2.24) is 9.97 Å². The van der Waals surface area contributed by atoms with Gasteiger partial charge in [0.05, 0.1) is 36.4 Å². The van der Waals surface area contributed by atoms with Crippen molar-refractivity contribution in [2.24, 2.45) is 0 Å². The number of aryl methyl sites for hydroxylation is 1. The zero-order valence-electron chi connectivity index (χ0n) is 14.9. The van der Waals surface area contributed by atoms with Gasteiger partial charge in [-0.3, -0.25) is 0 Å². The highest BCUT2D eigenvalue weighted by Crippen LogP contribution is 2.26. The molecule has 0 aliphatic heterocycles. The summed E-state index contributed by atoms with van der Waals surface area (Å²) in [5.74, 6) is 0.592. The molecule has 9 heteroatoms. The number of aromatic nitrogens is 3. The molecule has 0 unspecified atom stereocenters. The molecule has 0 bridgehead atoms. The quantitative estimate of drug-likeness (QED) is 0.536. The Hall–Kier alpha value is -2.81. The summed E-state index contributed by atoms with van der Waals surface area (Å²) < 4.78 is 36.6. The molecule has 3 rings (SSSR count). The minimum atomic E-state index is -3.86.